The van der Waals surface area contributed by atoms with Gasteiger partial charge in [-0.25, -0.2) is 13.6 Å². The number of aliphatic hydroxyl groups is 1. The van der Waals surface area contributed by atoms with E-state index >= 15 is 0 Å². The van der Waals surface area contributed by atoms with Crippen molar-refractivity contribution in [3.05, 3.63) is 24.5 Å². The second-order valence-electron chi connectivity index (χ2n) is 6.47. The van der Waals surface area contributed by atoms with Crippen LogP contribution in [0.1, 0.15) is 12.8 Å². The van der Waals surface area contributed by atoms with Crippen molar-refractivity contribution in [3.8, 4) is 0 Å². The van der Waals surface area contributed by atoms with Gasteiger partial charge in [0.05, 0.1) is 30.6 Å². The van der Waals surface area contributed by atoms with Gasteiger partial charge in [-0.1, -0.05) is 0 Å². The van der Waals surface area contributed by atoms with Crippen LogP contribution in [0.15, 0.2) is 24.5 Å². The molecule has 2 aliphatic heterocycles. The highest BCUT2D eigenvalue weighted by molar-refractivity contribution is 5.89. The summed E-state index contributed by atoms with van der Waals surface area (Å²) in [4.78, 5) is 17.7. The van der Waals surface area contributed by atoms with Crippen LogP contribution in [0.4, 0.5) is 19.3 Å². The minimum Gasteiger partial charge on any atom is -0.388 e. The van der Waals surface area contributed by atoms with Crippen LogP contribution in [0.5, 0.6) is 0 Å². The van der Waals surface area contributed by atoms with Gasteiger partial charge in [-0.05, 0) is 12.1 Å². The molecule has 7 nitrogen and oxygen atoms in total. The number of urea groups is 1. The topological polar surface area (TPSA) is 86.7 Å². The van der Waals surface area contributed by atoms with Crippen molar-refractivity contribution < 1.29 is 23.4 Å². The number of alkyl halides is 2. The Labute approximate surface area is 144 Å². The highest BCUT2D eigenvalue weighted by Gasteiger charge is 2.40. The monoisotopic (exact) mass is 356 g/mol. The van der Waals surface area contributed by atoms with Crippen LogP contribution >= 0.6 is 0 Å². The number of nitrogens with zero attached hydrogens (tertiary/aromatic N) is 2. The van der Waals surface area contributed by atoms with E-state index in [1.807, 2.05) is 4.90 Å². The van der Waals surface area contributed by atoms with Crippen LogP contribution < -0.4 is 10.6 Å². The fourth-order valence-corrected chi connectivity index (χ4v) is 3.06. The Hall–Kier alpha value is -1.84. The number of rotatable bonds is 4. The largest absolute Gasteiger partial charge is 0.388 e. The van der Waals surface area contributed by atoms with Crippen molar-refractivity contribution >= 4 is 11.7 Å². The quantitative estimate of drug-likeness (QED) is 0.751. The minimum absolute atomic E-state index is 0.176. The molecule has 0 aromatic carbocycles. The number of anilines is 1. The average Bonchev–Trinajstić information content (AvgIpc) is 2.91. The number of pyridine rings is 1. The normalized spacial score (nSPS) is 29.3. The van der Waals surface area contributed by atoms with Gasteiger partial charge >= 0.3 is 6.03 Å². The first-order valence-electron chi connectivity index (χ1n) is 8.30. The van der Waals surface area contributed by atoms with Gasteiger partial charge in [0, 0.05) is 38.7 Å². The molecule has 138 valence electrons. The molecule has 0 aliphatic carbocycles. The van der Waals surface area contributed by atoms with Gasteiger partial charge in [-0.3, -0.25) is 4.98 Å². The summed E-state index contributed by atoms with van der Waals surface area (Å²) in [6.45, 7) is 1.11. The Bertz CT molecular complexity index is 580. The summed E-state index contributed by atoms with van der Waals surface area (Å²) in [6.07, 6.45) is 1.36. The van der Waals surface area contributed by atoms with Crippen molar-refractivity contribution in [3.63, 3.8) is 0 Å². The lowest BCUT2D eigenvalue weighted by molar-refractivity contribution is -0.0674. The van der Waals surface area contributed by atoms with Crippen molar-refractivity contribution in [2.45, 2.75) is 37.0 Å². The molecule has 1 aromatic heterocycles. The molecule has 2 fully saturated rings. The molecular weight excluding hydrogens is 334 g/mol. The maximum absolute atomic E-state index is 13.2. The summed E-state index contributed by atoms with van der Waals surface area (Å²) in [5.74, 6) is -2.60. The maximum atomic E-state index is 13.2. The number of amides is 2. The van der Waals surface area contributed by atoms with E-state index in [1.54, 1.807) is 18.3 Å². The molecule has 9 heteroatoms. The molecule has 2 saturated heterocycles. The summed E-state index contributed by atoms with van der Waals surface area (Å²) in [7, 11) is 0. The fourth-order valence-electron chi connectivity index (χ4n) is 3.06. The third kappa shape index (κ3) is 4.83. The molecule has 0 radical (unpaired) electrons. The summed E-state index contributed by atoms with van der Waals surface area (Å²) >= 11 is 0. The minimum atomic E-state index is -2.60. The molecule has 0 spiro atoms. The fraction of sp³-hybridized carbons (Fsp3) is 0.625. The molecule has 0 bridgehead atoms. The Kier molecular flexibility index (Phi) is 5.45. The van der Waals surface area contributed by atoms with E-state index in [-0.39, 0.29) is 32.5 Å². The van der Waals surface area contributed by atoms with E-state index in [0.29, 0.717) is 12.2 Å². The van der Waals surface area contributed by atoms with Gasteiger partial charge in [0.15, 0.2) is 0 Å². The molecule has 0 saturated carbocycles. The van der Waals surface area contributed by atoms with E-state index in [4.69, 9.17) is 4.74 Å². The van der Waals surface area contributed by atoms with Crippen LogP contribution in [0.2, 0.25) is 0 Å². The van der Waals surface area contributed by atoms with Crippen molar-refractivity contribution in [2.24, 2.45) is 0 Å². The van der Waals surface area contributed by atoms with Crippen molar-refractivity contribution in [1.82, 2.24) is 15.2 Å². The molecule has 25 heavy (non-hydrogen) atoms. The number of halogens is 2. The smallest absolute Gasteiger partial charge is 0.319 e. The SMILES string of the molecule is O=C(Nc1cccnc1)N[C@H]1CO[C@@H](CN2CCC(F)(F)CC2)[C@@H]1O. The third-order valence-corrected chi connectivity index (χ3v) is 4.54. The Morgan fingerprint density at radius 3 is 2.88 bits per heavy atom. The Morgan fingerprint density at radius 1 is 1.44 bits per heavy atom. The summed E-state index contributed by atoms with van der Waals surface area (Å²) < 4.78 is 31.9. The highest BCUT2D eigenvalue weighted by atomic mass is 19.3. The first-order valence-corrected chi connectivity index (χ1v) is 8.30. The Morgan fingerprint density at radius 2 is 2.20 bits per heavy atom. The maximum Gasteiger partial charge on any atom is 0.319 e. The first kappa shape index (κ1) is 18.0. The molecule has 3 heterocycles. The number of hydrogen-bond acceptors (Lipinski definition) is 5. The molecule has 2 aliphatic rings. The lowest BCUT2D eigenvalue weighted by Gasteiger charge is -2.33. The number of carbonyl (C=O) groups excluding carboxylic acids is 1. The van der Waals surface area contributed by atoms with Gasteiger partial charge in [0.2, 0.25) is 0 Å². The number of likely N-dealkylation sites (tertiary alicyclic amines) is 1. The van der Waals surface area contributed by atoms with Gasteiger partial charge < -0.3 is 25.4 Å². The molecule has 1 aromatic rings. The number of hydrogen-bond donors (Lipinski definition) is 3. The molecule has 3 N–H and O–H groups in total. The van der Waals surface area contributed by atoms with Gasteiger partial charge in [0.25, 0.3) is 5.92 Å². The summed E-state index contributed by atoms with van der Waals surface area (Å²) in [5.41, 5.74) is 0.541. The molecule has 3 rings (SSSR count). The molecular formula is C16H22F2N4O3. The lowest BCUT2D eigenvalue weighted by Crippen LogP contribution is -2.49. The second-order valence-corrected chi connectivity index (χ2v) is 6.47. The average molecular weight is 356 g/mol. The third-order valence-electron chi connectivity index (χ3n) is 4.54. The zero-order valence-electron chi connectivity index (χ0n) is 13.7. The van der Waals surface area contributed by atoms with Crippen LogP contribution in [-0.2, 0) is 4.74 Å². The van der Waals surface area contributed by atoms with E-state index in [1.165, 1.54) is 6.20 Å². The standard InChI is InChI=1S/C16H22F2N4O3/c17-16(18)3-6-22(7-4-16)9-13-14(23)12(10-25-13)21-15(24)20-11-2-1-5-19-8-11/h1-2,5,8,12-14,23H,3-4,6-7,9-10H2,(H2,20,21,24)/t12-,13-,14+/m0/s1. The van der Waals surface area contributed by atoms with Gasteiger partial charge in [-0.2, -0.15) is 0 Å². The first-order chi connectivity index (χ1) is 11.9. The summed E-state index contributed by atoms with van der Waals surface area (Å²) in [5, 5.41) is 15.6. The van der Waals surface area contributed by atoms with Crippen LogP contribution in [0, 0.1) is 0 Å². The van der Waals surface area contributed by atoms with Crippen LogP contribution in [-0.4, -0.2) is 71.4 Å². The van der Waals surface area contributed by atoms with Crippen LogP contribution in [0.25, 0.3) is 0 Å². The number of aliphatic hydroxyl groups excluding tert-OH is 1. The second kappa shape index (κ2) is 7.59. The van der Waals surface area contributed by atoms with Crippen molar-refractivity contribution in [2.75, 3.05) is 31.6 Å². The molecule has 3 atom stereocenters. The Balaban J connectivity index is 1.45. The number of carbonyl (C=O) groups is 1. The van der Waals surface area contributed by atoms with Crippen LogP contribution in [0.3, 0.4) is 0 Å². The zero-order chi connectivity index (χ0) is 17.9. The highest BCUT2D eigenvalue weighted by Crippen LogP contribution is 2.28. The predicted octanol–water partition coefficient (Wildman–Crippen LogP) is 1.06. The molecule has 2 amide bonds. The van der Waals surface area contributed by atoms with Gasteiger partial charge in [-0.15, -0.1) is 0 Å². The van der Waals surface area contributed by atoms with E-state index in [9.17, 15) is 18.7 Å². The lowest BCUT2D eigenvalue weighted by atomic mass is 10.0. The number of ether oxygens (including phenoxy) is 1. The van der Waals surface area contributed by atoms with E-state index in [2.05, 4.69) is 15.6 Å². The number of nitrogens with one attached hydrogen (secondary N) is 2. The number of aromatic nitrogens is 1. The molecule has 0 unspecified atom stereocenters. The predicted molar refractivity (Wildman–Crippen MR) is 86.5 cm³/mol. The zero-order valence-corrected chi connectivity index (χ0v) is 13.7. The summed E-state index contributed by atoms with van der Waals surface area (Å²) in [6, 6.07) is 2.39. The van der Waals surface area contributed by atoms with E-state index in [0.717, 1.165) is 0 Å². The van der Waals surface area contributed by atoms with Crippen molar-refractivity contribution in [1.29, 1.82) is 0 Å². The number of piperidine rings is 1. The van der Waals surface area contributed by atoms with Gasteiger partial charge in [0.1, 0.15) is 6.10 Å². The van der Waals surface area contributed by atoms with E-state index < -0.39 is 30.2 Å².